The second-order valence-corrected chi connectivity index (χ2v) is 5.93. The number of β-amino-alcohol motifs (C(OH)–C–C–N with tert-alkyl or cyclic N) is 1. The molecular weight excluding hydrogens is 224 g/mol. The number of likely N-dealkylation sites (tertiary alicyclic amines) is 1. The lowest BCUT2D eigenvalue weighted by atomic mass is 9.98. The van der Waals surface area contributed by atoms with Gasteiger partial charge in [-0.3, -0.25) is 4.90 Å². The first-order valence-electron chi connectivity index (χ1n) is 6.68. The van der Waals surface area contributed by atoms with Crippen molar-refractivity contribution in [2.24, 2.45) is 5.73 Å². The Morgan fingerprint density at radius 3 is 2.39 bits per heavy atom. The topological polar surface area (TPSA) is 49.5 Å². The quantitative estimate of drug-likeness (QED) is 0.858. The van der Waals surface area contributed by atoms with E-state index in [0.717, 1.165) is 13.0 Å². The van der Waals surface area contributed by atoms with Crippen molar-refractivity contribution in [3.05, 3.63) is 35.4 Å². The Kier molecular flexibility index (Phi) is 3.76. The van der Waals surface area contributed by atoms with Crippen molar-refractivity contribution in [2.45, 2.75) is 44.9 Å². The van der Waals surface area contributed by atoms with Crippen LogP contribution >= 0.6 is 0 Å². The van der Waals surface area contributed by atoms with Crippen molar-refractivity contribution in [3.8, 4) is 0 Å². The Hall–Kier alpha value is -0.900. The lowest BCUT2D eigenvalue weighted by molar-refractivity contribution is 0.0601. The van der Waals surface area contributed by atoms with Gasteiger partial charge in [0.1, 0.15) is 0 Å². The van der Waals surface area contributed by atoms with Gasteiger partial charge in [0.2, 0.25) is 0 Å². The van der Waals surface area contributed by atoms with E-state index >= 15 is 0 Å². The van der Waals surface area contributed by atoms with E-state index in [1.807, 2.05) is 13.8 Å². The minimum absolute atomic E-state index is 0.0570. The maximum atomic E-state index is 10.1. The van der Waals surface area contributed by atoms with Gasteiger partial charge in [-0.15, -0.1) is 0 Å². The molecule has 3 nitrogen and oxygen atoms in total. The third-order valence-electron chi connectivity index (χ3n) is 3.79. The largest absolute Gasteiger partial charge is 0.389 e. The van der Waals surface area contributed by atoms with Crippen LogP contribution in [0.2, 0.25) is 0 Å². The number of nitrogens with two attached hydrogens (primary N) is 1. The Morgan fingerprint density at radius 2 is 1.94 bits per heavy atom. The molecule has 3 unspecified atom stereocenters. The number of aliphatic hydroxyl groups is 1. The molecule has 0 spiro atoms. The van der Waals surface area contributed by atoms with Gasteiger partial charge in [-0.25, -0.2) is 0 Å². The molecule has 0 aliphatic carbocycles. The molecular formula is C15H24N2O. The Bertz CT molecular complexity index is 397. The van der Waals surface area contributed by atoms with Gasteiger partial charge in [0.25, 0.3) is 0 Å². The molecule has 18 heavy (non-hydrogen) atoms. The molecule has 3 atom stereocenters. The number of hydrogen-bond acceptors (Lipinski definition) is 3. The molecule has 1 saturated heterocycles. The van der Waals surface area contributed by atoms with E-state index in [9.17, 15) is 5.11 Å². The summed E-state index contributed by atoms with van der Waals surface area (Å²) in [6.07, 6.45) is 0.822. The highest BCUT2D eigenvalue weighted by Crippen LogP contribution is 2.31. The summed E-state index contributed by atoms with van der Waals surface area (Å²) >= 11 is 0. The molecule has 1 aliphatic heterocycles. The van der Waals surface area contributed by atoms with Crippen LogP contribution < -0.4 is 5.73 Å². The molecule has 0 aromatic heterocycles. The van der Waals surface area contributed by atoms with Gasteiger partial charge in [0.15, 0.2) is 0 Å². The van der Waals surface area contributed by atoms with Crippen LogP contribution in [-0.4, -0.2) is 34.7 Å². The summed E-state index contributed by atoms with van der Waals surface area (Å²) in [7, 11) is 0. The summed E-state index contributed by atoms with van der Waals surface area (Å²) in [6.45, 7) is 7.64. The summed E-state index contributed by atoms with van der Waals surface area (Å²) in [6, 6.07) is 8.80. The molecule has 0 saturated carbocycles. The van der Waals surface area contributed by atoms with E-state index in [1.54, 1.807) is 0 Å². The maximum absolute atomic E-state index is 10.1. The van der Waals surface area contributed by atoms with Crippen LogP contribution in [0.4, 0.5) is 0 Å². The predicted molar refractivity (Wildman–Crippen MR) is 74.4 cm³/mol. The monoisotopic (exact) mass is 248 g/mol. The molecule has 1 aromatic rings. The van der Waals surface area contributed by atoms with Crippen LogP contribution in [-0.2, 0) is 0 Å². The number of aryl methyl sites for hydroxylation is 1. The van der Waals surface area contributed by atoms with Crippen LogP contribution in [0.5, 0.6) is 0 Å². The zero-order valence-corrected chi connectivity index (χ0v) is 11.6. The van der Waals surface area contributed by atoms with Gasteiger partial charge in [0.05, 0.1) is 5.60 Å². The molecule has 100 valence electrons. The molecule has 0 bridgehead atoms. The molecule has 0 radical (unpaired) electrons. The van der Waals surface area contributed by atoms with Crippen LogP contribution in [0.3, 0.4) is 0 Å². The first kappa shape index (κ1) is 13.5. The third-order valence-corrected chi connectivity index (χ3v) is 3.79. The van der Waals surface area contributed by atoms with Crippen LogP contribution in [0.25, 0.3) is 0 Å². The molecule has 3 N–H and O–H groups in total. The Morgan fingerprint density at radius 1 is 1.33 bits per heavy atom. The molecule has 3 heteroatoms. The van der Waals surface area contributed by atoms with E-state index in [0.29, 0.717) is 6.54 Å². The average Bonchev–Trinajstić information content (AvgIpc) is 2.61. The lowest BCUT2D eigenvalue weighted by Gasteiger charge is -2.32. The lowest BCUT2D eigenvalue weighted by Crippen LogP contribution is -2.40. The van der Waals surface area contributed by atoms with E-state index in [4.69, 9.17) is 5.73 Å². The second-order valence-electron chi connectivity index (χ2n) is 5.93. The zero-order valence-electron chi connectivity index (χ0n) is 11.6. The second kappa shape index (κ2) is 5.00. The number of rotatable bonds is 3. The summed E-state index contributed by atoms with van der Waals surface area (Å²) < 4.78 is 0. The minimum atomic E-state index is -0.572. The van der Waals surface area contributed by atoms with Crippen molar-refractivity contribution < 1.29 is 5.11 Å². The smallest absolute Gasteiger partial charge is 0.0758 e. The van der Waals surface area contributed by atoms with Crippen molar-refractivity contribution in [3.63, 3.8) is 0 Å². The van der Waals surface area contributed by atoms with Gasteiger partial charge in [0, 0.05) is 25.2 Å². The van der Waals surface area contributed by atoms with Gasteiger partial charge in [-0.05, 0) is 32.8 Å². The summed E-state index contributed by atoms with van der Waals surface area (Å²) in [5.41, 5.74) is 8.08. The van der Waals surface area contributed by atoms with Gasteiger partial charge < -0.3 is 10.8 Å². The highest BCUT2D eigenvalue weighted by molar-refractivity contribution is 5.25. The molecule has 1 heterocycles. The van der Waals surface area contributed by atoms with Crippen LogP contribution in [0, 0.1) is 6.92 Å². The van der Waals surface area contributed by atoms with Crippen molar-refractivity contribution in [2.75, 3.05) is 13.1 Å². The van der Waals surface area contributed by atoms with Gasteiger partial charge in [-0.2, -0.15) is 0 Å². The SMILES string of the molecule is Cc1ccc(C(C(C)N)N2CCC(C)(O)C2)cc1. The van der Waals surface area contributed by atoms with E-state index in [-0.39, 0.29) is 12.1 Å². The number of benzene rings is 1. The summed E-state index contributed by atoms with van der Waals surface area (Å²) in [4.78, 5) is 2.30. The Labute approximate surface area is 110 Å². The highest BCUT2D eigenvalue weighted by Gasteiger charge is 2.36. The molecule has 1 aliphatic rings. The zero-order chi connectivity index (χ0) is 13.3. The number of hydrogen-bond donors (Lipinski definition) is 2. The van der Waals surface area contributed by atoms with Crippen molar-refractivity contribution in [1.29, 1.82) is 0 Å². The third kappa shape index (κ3) is 2.91. The maximum Gasteiger partial charge on any atom is 0.0758 e. The standard InChI is InChI=1S/C15H24N2O/c1-11-4-6-13(7-5-11)14(12(2)16)17-9-8-15(3,18)10-17/h4-7,12,14,18H,8-10,16H2,1-3H3. The first-order valence-corrected chi connectivity index (χ1v) is 6.68. The van der Waals surface area contributed by atoms with E-state index < -0.39 is 5.60 Å². The first-order chi connectivity index (χ1) is 8.39. The van der Waals surface area contributed by atoms with Gasteiger partial charge >= 0.3 is 0 Å². The van der Waals surface area contributed by atoms with E-state index in [1.165, 1.54) is 11.1 Å². The molecule has 0 amide bonds. The fourth-order valence-electron chi connectivity index (χ4n) is 2.83. The molecule has 2 rings (SSSR count). The normalized spacial score (nSPS) is 28.3. The van der Waals surface area contributed by atoms with Crippen molar-refractivity contribution in [1.82, 2.24) is 4.90 Å². The summed E-state index contributed by atoms with van der Waals surface area (Å²) in [5.74, 6) is 0. The van der Waals surface area contributed by atoms with E-state index in [2.05, 4.69) is 36.1 Å². The fourth-order valence-corrected chi connectivity index (χ4v) is 2.83. The van der Waals surface area contributed by atoms with Crippen LogP contribution in [0.15, 0.2) is 24.3 Å². The fraction of sp³-hybridized carbons (Fsp3) is 0.600. The number of nitrogens with zero attached hydrogens (tertiary/aromatic N) is 1. The molecule has 1 fully saturated rings. The van der Waals surface area contributed by atoms with Crippen molar-refractivity contribution >= 4 is 0 Å². The van der Waals surface area contributed by atoms with Gasteiger partial charge in [-0.1, -0.05) is 29.8 Å². The summed E-state index contributed by atoms with van der Waals surface area (Å²) in [5, 5.41) is 10.1. The predicted octanol–water partition coefficient (Wildman–Crippen LogP) is 1.84. The Balaban J connectivity index is 2.21. The molecule has 1 aromatic carbocycles. The average molecular weight is 248 g/mol. The highest BCUT2D eigenvalue weighted by atomic mass is 16.3. The van der Waals surface area contributed by atoms with Crippen LogP contribution in [0.1, 0.15) is 37.4 Å². The minimum Gasteiger partial charge on any atom is -0.389 e.